The first-order valence-corrected chi connectivity index (χ1v) is 7.96. The molecule has 1 aliphatic heterocycles. The van der Waals surface area contributed by atoms with Crippen molar-refractivity contribution in [2.75, 3.05) is 6.54 Å². The van der Waals surface area contributed by atoms with Crippen molar-refractivity contribution in [2.24, 2.45) is 0 Å². The van der Waals surface area contributed by atoms with Gasteiger partial charge in [-0.25, -0.2) is 0 Å². The van der Waals surface area contributed by atoms with Gasteiger partial charge in [-0.3, -0.25) is 4.79 Å². The highest BCUT2D eigenvalue weighted by molar-refractivity contribution is 7.20. The van der Waals surface area contributed by atoms with Gasteiger partial charge in [-0.1, -0.05) is 18.2 Å². The fraction of sp³-hybridized carbons (Fsp3) is 0.438. The van der Waals surface area contributed by atoms with E-state index in [-0.39, 0.29) is 11.9 Å². The monoisotopic (exact) mass is 289 g/mol. The summed E-state index contributed by atoms with van der Waals surface area (Å²) in [5, 5.41) is 11.0. The number of carbonyl (C=O) groups is 1. The van der Waals surface area contributed by atoms with Crippen molar-refractivity contribution >= 4 is 27.3 Å². The molecule has 0 spiro atoms. The van der Waals surface area contributed by atoms with Gasteiger partial charge in [-0.05, 0) is 43.7 Å². The molecule has 20 heavy (non-hydrogen) atoms. The number of carbonyl (C=O) groups excluding carboxylic acids is 1. The normalized spacial score (nSPS) is 21.1. The highest BCUT2D eigenvalue weighted by Gasteiger charge is 2.31. The second-order valence-electron chi connectivity index (χ2n) is 5.45. The minimum absolute atomic E-state index is 0.0403. The standard InChI is InChI=1S/C16H19NO2S/c1-11(18)13-7-4-5-9-17(13)16(19)15-10-12-6-2-3-8-14(12)20-15/h2-3,6,8,10-11,13,18H,4-5,7,9H2,1H3. The molecule has 1 aromatic heterocycles. The van der Waals surface area contributed by atoms with Gasteiger partial charge in [0.2, 0.25) is 0 Å². The highest BCUT2D eigenvalue weighted by Crippen LogP contribution is 2.29. The van der Waals surface area contributed by atoms with Gasteiger partial charge < -0.3 is 10.0 Å². The van der Waals surface area contributed by atoms with Gasteiger partial charge in [-0.2, -0.15) is 0 Å². The first-order chi connectivity index (χ1) is 9.66. The number of benzene rings is 1. The Morgan fingerprint density at radius 3 is 2.95 bits per heavy atom. The minimum Gasteiger partial charge on any atom is -0.391 e. The zero-order valence-corrected chi connectivity index (χ0v) is 12.4. The quantitative estimate of drug-likeness (QED) is 0.921. The van der Waals surface area contributed by atoms with Gasteiger partial charge in [0.05, 0.1) is 17.0 Å². The molecular formula is C16H19NO2S. The van der Waals surface area contributed by atoms with E-state index in [0.29, 0.717) is 0 Å². The van der Waals surface area contributed by atoms with Gasteiger partial charge >= 0.3 is 0 Å². The summed E-state index contributed by atoms with van der Waals surface area (Å²) >= 11 is 1.54. The van der Waals surface area contributed by atoms with E-state index in [4.69, 9.17) is 0 Å². The topological polar surface area (TPSA) is 40.5 Å². The molecular weight excluding hydrogens is 270 g/mol. The van der Waals surface area contributed by atoms with Crippen LogP contribution in [0.3, 0.4) is 0 Å². The van der Waals surface area contributed by atoms with E-state index in [1.165, 1.54) is 11.3 Å². The molecule has 0 bridgehead atoms. The Bertz CT molecular complexity index is 587. The minimum atomic E-state index is -0.464. The highest BCUT2D eigenvalue weighted by atomic mass is 32.1. The van der Waals surface area contributed by atoms with E-state index >= 15 is 0 Å². The van der Waals surface area contributed by atoms with Crippen molar-refractivity contribution in [1.82, 2.24) is 4.90 Å². The van der Waals surface area contributed by atoms with Gasteiger partial charge in [0, 0.05) is 11.2 Å². The Labute approximate surface area is 122 Å². The van der Waals surface area contributed by atoms with Crippen molar-refractivity contribution in [3.05, 3.63) is 35.2 Å². The number of hydrogen-bond donors (Lipinski definition) is 1. The first kappa shape index (κ1) is 13.6. The summed E-state index contributed by atoms with van der Waals surface area (Å²) < 4.78 is 1.14. The van der Waals surface area contributed by atoms with E-state index in [0.717, 1.165) is 40.8 Å². The molecule has 0 radical (unpaired) electrons. The maximum absolute atomic E-state index is 12.7. The molecule has 2 aromatic rings. The molecule has 1 saturated heterocycles. The van der Waals surface area contributed by atoms with Crippen LogP contribution in [0.1, 0.15) is 35.9 Å². The average Bonchev–Trinajstić information content (AvgIpc) is 2.90. The second kappa shape index (κ2) is 5.54. The number of rotatable bonds is 2. The second-order valence-corrected chi connectivity index (χ2v) is 6.53. The van der Waals surface area contributed by atoms with Crippen LogP contribution in [0.25, 0.3) is 10.1 Å². The molecule has 3 nitrogen and oxygen atoms in total. The number of piperidine rings is 1. The lowest BCUT2D eigenvalue weighted by Gasteiger charge is -2.37. The SMILES string of the molecule is CC(O)C1CCCCN1C(=O)c1cc2ccccc2s1. The van der Waals surface area contributed by atoms with E-state index < -0.39 is 6.10 Å². The number of nitrogens with zero attached hydrogens (tertiary/aromatic N) is 1. The number of hydrogen-bond acceptors (Lipinski definition) is 3. The third-order valence-corrected chi connectivity index (χ3v) is 5.11. The van der Waals surface area contributed by atoms with Gasteiger partial charge in [0.1, 0.15) is 0 Å². The zero-order chi connectivity index (χ0) is 14.1. The maximum Gasteiger partial charge on any atom is 0.264 e. The summed E-state index contributed by atoms with van der Waals surface area (Å²) in [5.74, 6) is 0.0665. The number of likely N-dealkylation sites (tertiary alicyclic amines) is 1. The molecule has 2 heterocycles. The van der Waals surface area contributed by atoms with Crippen molar-refractivity contribution in [3.8, 4) is 0 Å². The molecule has 1 N–H and O–H groups in total. The molecule has 1 fully saturated rings. The summed E-state index contributed by atoms with van der Waals surface area (Å²) in [5.41, 5.74) is 0. The summed E-state index contributed by atoms with van der Waals surface area (Å²) in [6, 6.07) is 9.98. The van der Waals surface area contributed by atoms with Crippen molar-refractivity contribution in [1.29, 1.82) is 0 Å². The van der Waals surface area contributed by atoms with Crippen LogP contribution >= 0.6 is 11.3 Å². The fourth-order valence-electron chi connectivity index (χ4n) is 2.94. The maximum atomic E-state index is 12.7. The van der Waals surface area contributed by atoms with E-state index in [1.54, 1.807) is 6.92 Å². The Hall–Kier alpha value is -1.39. The Morgan fingerprint density at radius 1 is 1.40 bits per heavy atom. The molecule has 4 heteroatoms. The first-order valence-electron chi connectivity index (χ1n) is 7.14. The molecule has 0 saturated carbocycles. The van der Waals surface area contributed by atoms with Crippen LogP contribution in [0, 0.1) is 0 Å². The lowest BCUT2D eigenvalue weighted by atomic mass is 9.98. The van der Waals surface area contributed by atoms with Crippen LogP contribution in [0.15, 0.2) is 30.3 Å². The summed E-state index contributed by atoms with van der Waals surface area (Å²) in [6.45, 7) is 2.53. The molecule has 1 aromatic carbocycles. The van der Waals surface area contributed by atoms with Crippen LogP contribution in [0.5, 0.6) is 0 Å². The van der Waals surface area contributed by atoms with E-state index in [9.17, 15) is 9.90 Å². The van der Waals surface area contributed by atoms with E-state index in [1.807, 2.05) is 35.2 Å². The smallest absolute Gasteiger partial charge is 0.264 e. The Kier molecular flexibility index (Phi) is 3.76. The molecule has 1 aliphatic rings. The average molecular weight is 289 g/mol. The molecule has 0 aliphatic carbocycles. The van der Waals surface area contributed by atoms with Crippen LogP contribution in [-0.4, -0.2) is 34.6 Å². The lowest BCUT2D eigenvalue weighted by molar-refractivity contribution is 0.0285. The lowest BCUT2D eigenvalue weighted by Crippen LogP contribution is -2.48. The Morgan fingerprint density at radius 2 is 2.20 bits per heavy atom. The summed E-state index contributed by atoms with van der Waals surface area (Å²) in [6.07, 6.45) is 2.55. The molecule has 3 rings (SSSR count). The fourth-order valence-corrected chi connectivity index (χ4v) is 3.96. The van der Waals surface area contributed by atoms with E-state index in [2.05, 4.69) is 0 Å². The molecule has 1 amide bonds. The van der Waals surface area contributed by atoms with Gasteiger partial charge in [0.15, 0.2) is 0 Å². The molecule has 106 valence electrons. The number of aliphatic hydroxyl groups is 1. The third-order valence-electron chi connectivity index (χ3n) is 4.00. The number of amides is 1. The predicted molar refractivity (Wildman–Crippen MR) is 82.2 cm³/mol. The third kappa shape index (κ3) is 2.45. The van der Waals surface area contributed by atoms with Gasteiger partial charge in [-0.15, -0.1) is 11.3 Å². The van der Waals surface area contributed by atoms with Crippen LogP contribution in [-0.2, 0) is 0 Å². The van der Waals surface area contributed by atoms with Crippen molar-refractivity contribution in [3.63, 3.8) is 0 Å². The van der Waals surface area contributed by atoms with Crippen LogP contribution in [0.2, 0.25) is 0 Å². The number of aliphatic hydroxyl groups excluding tert-OH is 1. The van der Waals surface area contributed by atoms with Crippen molar-refractivity contribution < 1.29 is 9.90 Å². The van der Waals surface area contributed by atoms with Gasteiger partial charge in [0.25, 0.3) is 5.91 Å². The van der Waals surface area contributed by atoms with Crippen LogP contribution < -0.4 is 0 Å². The number of fused-ring (bicyclic) bond motifs is 1. The summed E-state index contributed by atoms with van der Waals surface area (Å²) in [4.78, 5) is 15.3. The zero-order valence-electron chi connectivity index (χ0n) is 11.6. The van der Waals surface area contributed by atoms with Crippen LogP contribution in [0.4, 0.5) is 0 Å². The Balaban J connectivity index is 1.90. The van der Waals surface area contributed by atoms with Crippen molar-refractivity contribution in [2.45, 2.75) is 38.3 Å². The summed E-state index contributed by atoms with van der Waals surface area (Å²) in [7, 11) is 0. The predicted octanol–water partition coefficient (Wildman–Crippen LogP) is 3.28. The largest absolute Gasteiger partial charge is 0.391 e. The molecule has 2 unspecified atom stereocenters. The molecule has 2 atom stereocenters. The number of thiophene rings is 1.